The second kappa shape index (κ2) is 7.67. The van der Waals surface area contributed by atoms with Crippen molar-refractivity contribution >= 4 is 68.4 Å². The van der Waals surface area contributed by atoms with E-state index in [0.29, 0.717) is 15.8 Å². The third-order valence-electron chi connectivity index (χ3n) is 4.10. The smallest absolute Gasteiger partial charge is 0.263 e. The summed E-state index contributed by atoms with van der Waals surface area (Å²) in [5.74, 6) is -0.243. The Bertz CT molecular complexity index is 1070. The standard InChI is InChI=1S/C19H15N3O2S3/c23-17(20-9-13-4-3-7-26-13)11-22-10-12(14-5-1-2-6-15(14)22)8-16-18(24)21-19(25)27-16/h1-8,10H,9,11H2,(H,20,23)(H,21,24,25). The van der Waals surface area contributed by atoms with Crippen LogP contribution in [0.3, 0.4) is 0 Å². The van der Waals surface area contributed by atoms with Gasteiger partial charge in [0, 0.05) is 27.5 Å². The zero-order chi connectivity index (χ0) is 18.8. The summed E-state index contributed by atoms with van der Waals surface area (Å²) in [7, 11) is 0. The topological polar surface area (TPSA) is 63.1 Å². The molecule has 3 heterocycles. The molecule has 136 valence electrons. The maximum absolute atomic E-state index is 12.4. The number of fused-ring (bicyclic) bond motifs is 1. The molecule has 1 saturated heterocycles. The van der Waals surface area contributed by atoms with E-state index >= 15 is 0 Å². The van der Waals surface area contributed by atoms with Gasteiger partial charge in [0.1, 0.15) is 10.9 Å². The van der Waals surface area contributed by atoms with Crippen molar-refractivity contribution in [3.63, 3.8) is 0 Å². The average Bonchev–Trinajstić information content (AvgIpc) is 3.35. The molecule has 0 radical (unpaired) electrons. The fourth-order valence-electron chi connectivity index (χ4n) is 2.89. The van der Waals surface area contributed by atoms with Gasteiger partial charge in [0.05, 0.1) is 11.4 Å². The number of aromatic nitrogens is 1. The molecule has 1 aliphatic heterocycles. The summed E-state index contributed by atoms with van der Waals surface area (Å²) in [6, 6.07) is 11.8. The van der Waals surface area contributed by atoms with E-state index in [4.69, 9.17) is 12.2 Å². The Morgan fingerprint density at radius 2 is 2.11 bits per heavy atom. The van der Waals surface area contributed by atoms with Crippen LogP contribution in [-0.2, 0) is 22.7 Å². The number of hydrogen-bond acceptors (Lipinski definition) is 5. The van der Waals surface area contributed by atoms with Gasteiger partial charge >= 0.3 is 0 Å². The van der Waals surface area contributed by atoms with Gasteiger partial charge in [-0.05, 0) is 23.6 Å². The highest BCUT2D eigenvalue weighted by atomic mass is 32.2. The molecule has 2 N–H and O–H groups in total. The Morgan fingerprint density at radius 3 is 2.85 bits per heavy atom. The number of nitrogens with one attached hydrogen (secondary N) is 2. The van der Waals surface area contributed by atoms with E-state index in [1.165, 1.54) is 11.8 Å². The first kappa shape index (κ1) is 18.0. The zero-order valence-corrected chi connectivity index (χ0v) is 16.5. The summed E-state index contributed by atoms with van der Waals surface area (Å²) in [5, 5.41) is 8.54. The fraction of sp³-hybridized carbons (Fsp3) is 0.105. The lowest BCUT2D eigenvalue weighted by atomic mass is 10.1. The van der Waals surface area contributed by atoms with Crippen LogP contribution in [0, 0.1) is 0 Å². The van der Waals surface area contributed by atoms with Crippen molar-refractivity contribution < 1.29 is 9.59 Å². The molecule has 5 nitrogen and oxygen atoms in total. The summed E-state index contributed by atoms with van der Waals surface area (Å²) in [5.41, 5.74) is 1.83. The predicted molar refractivity (Wildman–Crippen MR) is 114 cm³/mol. The first-order valence-corrected chi connectivity index (χ1v) is 10.3. The first-order chi connectivity index (χ1) is 13.1. The van der Waals surface area contributed by atoms with Gasteiger partial charge in [-0.1, -0.05) is 48.2 Å². The largest absolute Gasteiger partial charge is 0.350 e. The highest BCUT2D eigenvalue weighted by Gasteiger charge is 2.22. The highest BCUT2D eigenvalue weighted by Crippen LogP contribution is 2.29. The van der Waals surface area contributed by atoms with Gasteiger partial charge in [-0.2, -0.15) is 0 Å². The number of thioether (sulfide) groups is 1. The minimum absolute atomic E-state index is 0.0579. The van der Waals surface area contributed by atoms with E-state index in [1.54, 1.807) is 11.3 Å². The Kier molecular flexibility index (Phi) is 5.11. The number of para-hydroxylation sites is 1. The lowest BCUT2D eigenvalue weighted by Gasteiger charge is -2.06. The van der Waals surface area contributed by atoms with Gasteiger partial charge in [0.2, 0.25) is 5.91 Å². The monoisotopic (exact) mass is 413 g/mol. The third-order valence-corrected chi connectivity index (χ3v) is 6.14. The second-order valence-corrected chi connectivity index (χ2v) is 8.69. The van der Waals surface area contributed by atoms with Crippen molar-refractivity contribution in [2.45, 2.75) is 13.1 Å². The molecule has 0 spiro atoms. The van der Waals surface area contributed by atoms with E-state index < -0.39 is 0 Å². The molecule has 0 atom stereocenters. The van der Waals surface area contributed by atoms with Gasteiger partial charge in [-0.15, -0.1) is 11.3 Å². The second-order valence-electron chi connectivity index (χ2n) is 5.94. The number of rotatable bonds is 5. The normalized spacial score (nSPS) is 15.5. The van der Waals surface area contributed by atoms with Gasteiger partial charge in [-0.25, -0.2) is 0 Å². The Hall–Kier alpha value is -2.42. The number of nitrogens with zero attached hydrogens (tertiary/aromatic N) is 1. The molecular weight excluding hydrogens is 398 g/mol. The van der Waals surface area contributed by atoms with E-state index in [0.717, 1.165) is 21.3 Å². The lowest BCUT2D eigenvalue weighted by molar-refractivity contribution is -0.121. The molecule has 0 bridgehead atoms. The summed E-state index contributed by atoms with van der Waals surface area (Å²) >= 11 is 7.91. The quantitative estimate of drug-likeness (QED) is 0.496. The minimum Gasteiger partial charge on any atom is -0.350 e. The average molecular weight is 414 g/mol. The van der Waals surface area contributed by atoms with Crippen LogP contribution in [0.4, 0.5) is 0 Å². The molecule has 1 aromatic carbocycles. The fourth-order valence-corrected chi connectivity index (χ4v) is 4.57. The zero-order valence-electron chi connectivity index (χ0n) is 14.1. The Morgan fingerprint density at radius 1 is 1.26 bits per heavy atom. The van der Waals surface area contributed by atoms with Crippen molar-refractivity contribution in [3.8, 4) is 0 Å². The number of hydrogen-bond donors (Lipinski definition) is 2. The molecule has 1 fully saturated rings. The molecule has 0 saturated carbocycles. The van der Waals surface area contributed by atoms with Crippen molar-refractivity contribution in [2.24, 2.45) is 0 Å². The maximum atomic E-state index is 12.4. The Labute approximate surface area is 169 Å². The molecule has 4 rings (SSSR count). The number of carbonyl (C=O) groups is 2. The van der Waals surface area contributed by atoms with E-state index in [1.807, 2.05) is 58.6 Å². The molecule has 2 aromatic heterocycles. The predicted octanol–water partition coefficient (Wildman–Crippen LogP) is 3.51. The molecule has 27 heavy (non-hydrogen) atoms. The van der Waals surface area contributed by atoms with Crippen molar-refractivity contribution in [1.82, 2.24) is 15.2 Å². The molecule has 0 aliphatic carbocycles. The summed E-state index contributed by atoms with van der Waals surface area (Å²) in [4.78, 5) is 26.0. The number of thiocarbonyl (C=S) groups is 1. The molecule has 3 aromatic rings. The molecule has 8 heteroatoms. The summed E-state index contributed by atoms with van der Waals surface area (Å²) in [6.45, 7) is 0.744. The van der Waals surface area contributed by atoms with Crippen LogP contribution in [0.25, 0.3) is 17.0 Å². The molecular formula is C19H15N3O2S3. The Balaban J connectivity index is 1.58. The van der Waals surface area contributed by atoms with Crippen molar-refractivity contribution in [2.75, 3.05) is 0 Å². The maximum Gasteiger partial charge on any atom is 0.263 e. The van der Waals surface area contributed by atoms with Crippen LogP contribution in [-0.4, -0.2) is 20.7 Å². The number of amides is 2. The van der Waals surface area contributed by atoms with E-state index in [9.17, 15) is 9.59 Å². The summed E-state index contributed by atoms with van der Waals surface area (Å²) < 4.78 is 2.37. The number of carbonyl (C=O) groups excluding carboxylic acids is 2. The lowest BCUT2D eigenvalue weighted by Crippen LogP contribution is -2.26. The first-order valence-electron chi connectivity index (χ1n) is 8.22. The molecule has 1 aliphatic rings. The van der Waals surface area contributed by atoms with Crippen LogP contribution in [0.1, 0.15) is 10.4 Å². The minimum atomic E-state index is -0.185. The van der Waals surface area contributed by atoms with Crippen LogP contribution >= 0.6 is 35.3 Å². The number of thiophene rings is 1. The van der Waals surface area contributed by atoms with E-state index in [-0.39, 0.29) is 18.4 Å². The molecule has 2 amide bonds. The highest BCUT2D eigenvalue weighted by molar-refractivity contribution is 8.26. The van der Waals surface area contributed by atoms with Gasteiger partial charge in [0.25, 0.3) is 5.91 Å². The van der Waals surface area contributed by atoms with Crippen molar-refractivity contribution in [3.05, 3.63) is 63.3 Å². The third kappa shape index (κ3) is 3.97. The van der Waals surface area contributed by atoms with Crippen LogP contribution < -0.4 is 10.6 Å². The summed E-state index contributed by atoms with van der Waals surface area (Å²) in [6.07, 6.45) is 3.72. The number of benzene rings is 1. The van der Waals surface area contributed by atoms with Crippen molar-refractivity contribution in [1.29, 1.82) is 0 Å². The molecule has 0 unspecified atom stereocenters. The van der Waals surface area contributed by atoms with Gasteiger partial charge in [-0.3, -0.25) is 9.59 Å². The van der Waals surface area contributed by atoms with Crippen LogP contribution in [0.2, 0.25) is 0 Å². The van der Waals surface area contributed by atoms with Crippen LogP contribution in [0.15, 0.2) is 52.9 Å². The SMILES string of the molecule is O=C(Cn1cc(C=C2SC(=S)NC2=O)c2ccccc21)NCc1cccs1. The van der Waals surface area contributed by atoms with Gasteiger partial charge < -0.3 is 15.2 Å². The van der Waals surface area contributed by atoms with Crippen LogP contribution in [0.5, 0.6) is 0 Å². The van der Waals surface area contributed by atoms with Gasteiger partial charge in [0.15, 0.2) is 0 Å². The van der Waals surface area contributed by atoms with E-state index in [2.05, 4.69) is 10.6 Å².